The predicted molar refractivity (Wildman–Crippen MR) is 88.3 cm³/mol. The lowest BCUT2D eigenvalue weighted by Gasteiger charge is -2.15. The summed E-state index contributed by atoms with van der Waals surface area (Å²) in [6, 6.07) is 7.86. The van der Waals surface area contributed by atoms with Crippen LogP contribution in [0.1, 0.15) is 12.8 Å². The van der Waals surface area contributed by atoms with Gasteiger partial charge in [-0.1, -0.05) is 18.2 Å². The van der Waals surface area contributed by atoms with Crippen LogP contribution in [0.25, 0.3) is 21.8 Å². The normalized spacial score (nSPS) is 14.9. The van der Waals surface area contributed by atoms with E-state index in [1.54, 1.807) is 11.1 Å². The highest BCUT2D eigenvalue weighted by Gasteiger charge is 2.20. The van der Waals surface area contributed by atoms with Crippen molar-refractivity contribution in [2.75, 3.05) is 13.1 Å². The van der Waals surface area contributed by atoms with Crippen molar-refractivity contribution >= 4 is 27.7 Å². The molecule has 0 aliphatic carbocycles. The maximum absolute atomic E-state index is 12.8. The Kier molecular flexibility index (Phi) is 3.18. The van der Waals surface area contributed by atoms with Crippen LogP contribution in [0, 0.1) is 0 Å². The topological polar surface area (TPSA) is 60.1 Å². The highest BCUT2D eigenvalue weighted by molar-refractivity contribution is 6.07. The number of carbonyl (C=O) groups excluding carboxylic acids is 1. The van der Waals surface area contributed by atoms with Crippen LogP contribution >= 0.6 is 0 Å². The fraction of sp³-hybridized carbons (Fsp3) is 0.353. The lowest BCUT2D eigenvalue weighted by Crippen LogP contribution is -2.35. The number of aryl methyl sites for hydroxylation is 1. The Morgan fingerprint density at radius 3 is 2.70 bits per heavy atom. The van der Waals surface area contributed by atoms with E-state index in [2.05, 4.69) is 5.10 Å². The number of hydrogen-bond donors (Lipinski definition) is 0. The van der Waals surface area contributed by atoms with Crippen molar-refractivity contribution in [3.05, 3.63) is 40.8 Å². The molecular weight excluding hydrogens is 292 g/mol. The van der Waals surface area contributed by atoms with Gasteiger partial charge in [0.25, 0.3) is 5.56 Å². The number of para-hydroxylation sites is 1. The van der Waals surface area contributed by atoms with Crippen molar-refractivity contribution < 1.29 is 4.79 Å². The molecule has 6 heteroatoms. The van der Waals surface area contributed by atoms with Crippen molar-refractivity contribution in [1.29, 1.82) is 0 Å². The standard InChI is InChI=1S/C17H18N4O2/c1-19-14-7-3-2-6-12(14)13-10-18-21(17(23)16(13)19)11-15(22)20-8-4-5-9-20/h2-3,6-7,10H,4-5,8-9,11H2,1H3. The minimum Gasteiger partial charge on any atom is -0.341 e. The maximum Gasteiger partial charge on any atom is 0.291 e. The molecule has 0 radical (unpaired) electrons. The van der Waals surface area contributed by atoms with Crippen LogP contribution in [0.4, 0.5) is 0 Å². The van der Waals surface area contributed by atoms with E-state index in [1.807, 2.05) is 35.9 Å². The zero-order chi connectivity index (χ0) is 16.0. The van der Waals surface area contributed by atoms with Gasteiger partial charge in [-0.2, -0.15) is 5.10 Å². The molecule has 118 valence electrons. The third kappa shape index (κ3) is 2.13. The number of aromatic nitrogens is 3. The largest absolute Gasteiger partial charge is 0.341 e. The molecule has 2 aromatic heterocycles. The molecule has 0 saturated carbocycles. The molecule has 1 aromatic carbocycles. The molecule has 0 spiro atoms. The van der Waals surface area contributed by atoms with Gasteiger partial charge in [0.2, 0.25) is 5.91 Å². The average Bonchev–Trinajstić information content (AvgIpc) is 3.18. The fourth-order valence-corrected chi connectivity index (χ4v) is 3.42. The molecule has 6 nitrogen and oxygen atoms in total. The number of hydrogen-bond acceptors (Lipinski definition) is 3. The van der Waals surface area contributed by atoms with Gasteiger partial charge >= 0.3 is 0 Å². The molecule has 1 aliphatic heterocycles. The Bertz CT molecular complexity index is 964. The van der Waals surface area contributed by atoms with Gasteiger partial charge in [-0.3, -0.25) is 9.59 Å². The second-order valence-corrected chi connectivity index (χ2v) is 6.03. The molecule has 0 bridgehead atoms. The molecule has 23 heavy (non-hydrogen) atoms. The molecule has 4 rings (SSSR count). The monoisotopic (exact) mass is 310 g/mol. The first kappa shape index (κ1) is 14.0. The van der Waals surface area contributed by atoms with Gasteiger partial charge in [0, 0.05) is 36.4 Å². The summed E-state index contributed by atoms with van der Waals surface area (Å²) in [5.41, 5.74) is 1.37. The summed E-state index contributed by atoms with van der Waals surface area (Å²) in [5, 5.41) is 6.06. The number of likely N-dealkylation sites (tertiary alicyclic amines) is 1. The first-order valence-electron chi connectivity index (χ1n) is 7.88. The van der Waals surface area contributed by atoms with E-state index >= 15 is 0 Å². The molecule has 1 aliphatic rings. The van der Waals surface area contributed by atoms with Gasteiger partial charge in [0.1, 0.15) is 12.1 Å². The van der Waals surface area contributed by atoms with Crippen molar-refractivity contribution in [3.63, 3.8) is 0 Å². The summed E-state index contributed by atoms with van der Waals surface area (Å²) in [7, 11) is 1.87. The Labute approximate surface area is 132 Å². The van der Waals surface area contributed by atoms with Crippen LogP contribution in [-0.2, 0) is 18.4 Å². The number of rotatable bonds is 2. The maximum atomic E-state index is 12.8. The van der Waals surface area contributed by atoms with Crippen LogP contribution in [0.3, 0.4) is 0 Å². The van der Waals surface area contributed by atoms with Gasteiger partial charge in [0.15, 0.2) is 0 Å². The predicted octanol–water partition coefficient (Wildman–Crippen LogP) is 1.51. The molecule has 0 N–H and O–H groups in total. The summed E-state index contributed by atoms with van der Waals surface area (Å²) < 4.78 is 3.16. The third-order valence-electron chi connectivity index (χ3n) is 4.65. The van der Waals surface area contributed by atoms with Crippen LogP contribution in [0.15, 0.2) is 35.3 Å². The smallest absolute Gasteiger partial charge is 0.291 e. The Morgan fingerprint density at radius 1 is 1.17 bits per heavy atom. The summed E-state index contributed by atoms with van der Waals surface area (Å²) >= 11 is 0. The van der Waals surface area contributed by atoms with Gasteiger partial charge < -0.3 is 9.47 Å². The van der Waals surface area contributed by atoms with Gasteiger partial charge in [-0.25, -0.2) is 4.68 Å². The molecule has 1 saturated heterocycles. The summed E-state index contributed by atoms with van der Waals surface area (Å²) in [6.07, 6.45) is 3.77. The number of fused-ring (bicyclic) bond motifs is 3. The highest BCUT2D eigenvalue weighted by Crippen LogP contribution is 2.24. The van der Waals surface area contributed by atoms with Gasteiger partial charge in [0.05, 0.1) is 6.20 Å². The number of benzene rings is 1. The third-order valence-corrected chi connectivity index (χ3v) is 4.65. The minimum atomic E-state index is -0.214. The van der Waals surface area contributed by atoms with E-state index in [0.29, 0.717) is 5.52 Å². The second kappa shape index (κ2) is 5.22. The van der Waals surface area contributed by atoms with Crippen LogP contribution < -0.4 is 5.56 Å². The number of amides is 1. The Hall–Kier alpha value is -2.63. The van der Waals surface area contributed by atoms with Gasteiger partial charge in [-0.05, 0) is 18.9 Å². The van der Waals surface area contributed by atoms with E-state index in [4.69, 9.17) is 0 Å². The first-order valence-corrected chi connectivity index (χ1v) is 7.88. The van der Waals surface area contributed by atoms with E-state index in [9.17, 15) is 9.59 Å². The van der Waals surface area contributed by atoms with Crippen molar-refractivity contribution in [1.82, 2.24) is 19.2 Å². The van der Waals surface area contributed by atoms with Crippen LogP contribution in [0.5, 0.6) is 0 Å². The summed E-state index contributed by atoms with van der Waals surface area (Å²) in [4.78, 5) is 26.9. The van der Waals surface area contributed by atoms with Crippen molar-refractivity contribution in [3.8, 4) is 0 Å². The van der Waals surface area contributed by atoms with Crippen molar-refractivity contribution in [2.45, 2.75) is 19.4 Å². The fourth-order valence-electron chi connectivity index (χ4n) is 3.42. The lowest BCUT2D eigenvalue weighted by atomic mass is 10.2. The molecule has 3 aromatic rings. The second-order valence-electron chi connectivity index (χ2n) is 6.03. The Balaban J connectivity index is 1.81. The number of carbonyl (C=O) groups is 1. The molecule has 3 heterocycles. The van der Waals surface area contributed by atoms with Gasteiger partial charge in [-0.15, -0.1) is 0 Å². The van der Waals surface area contributed by atoms with Crippen molar-refractivity contribution in [2.24, 2.45) is 7.05 Å². The zero-order valence-electron chi connectivity index (χ0n) is 13.0. The Morgan fingerprint density at radius 2 is 1.91 bits per heavy atom. The van der Waals surface area contributed by atoms with E-state index in [-0.39, 0.29) is 18.0 Å². The molecule has 1 amide bonds. The lowest BCUT2D eigenvalue weighted by molar-refractivity contribution is -0.131. The summed E-state index contributed by atoms with van der Waals surface area (Å²) in [5.74, 6) is -0.0322. The SMILES string of the molecule is Cn1c2ccccc2c2cnn(CC(=O)N3CCCC3)c(=O)c21. The van der Waals surface area contributed by atoms with E-state index in [0.717, 1.165) is 42.2 Å². The molecule has 0 unspecified atom stereocenters. The molecule has 1 fully saturated rings. The van der Waals surface area contributed by atoms with Crippen LogP contribution in [0.2, 0.25) is 0 Å². The molecular formula is C17H18N4O2. The first-order chi connectivity index (χ1) is 11.2. The quantitative estimate of drug-likeness (QED) is 0.721. The average molecular weight is 310 g/mol. The van der Waals surface area contributed by atoms with Crippen LogP contribution in [-0.4, -0.2) is 38.2 Å². The summed E-state index contributed by atoms with van der Waals surface area (Å²) in [6.45, 7) is 1.57. The molecule has 0 atom stereocenters. The van der Waals surface area contributed by atoms with E-state index < -0.39 is 0 Å². The zero-order valence-corrected chi connectivity index (χ0v) is 13.0. The minimum absolute atomic E-state index is 0.0102. The highest BCUT2D eigenvalue weighted by atomic mass is 16.2. The number of nitrogens with zero attached hydrogens (tertiary/aromatic N) is 4. The van der Waals surface area contributed by atoms with E-state index in [1.165, 1.54) is 4.68 Å².